The summed E-state index contributed by atoms with van der Waals surface area (Å²) in [5.41, 5.74) is 0.338. The SMILES string of the molecule is CC(C)CCCCC(C(=O)Nc1cccc(S(=O)(=O)[O-])c1)C(C)C. The van der Waals surface area contributed by atoms with Crippen LogP contribution in [0.3, 0.4) is 0 Å². The summed E-state index contributed by atoms with van der Waals surface area (Å²) in [5, 5.41) is 2.74. The number of amides is 1. The van der Waals surface area contributed by atoms with Crippen molar-refractivity contribution in [2.75, 3.05) is 5.32 Å². The monoisotopic (exact) mass is 354 g/mol. The second-order valence-electron chi connectivity index (χ2n) is 7.00. The van der Waals surface area contributed by atoms with Crippen molar-refractivity contribution in [3.05, 3.63) is 24.3 Å². The fourth-order valence-corrected chi connectivity index (χ4v) is 3.16. The molecule has 0 aromatic heterocycles. The highest BCUT2D eigenvalue weighted by molar-refractivity contribution is 7.85. The van der Waals surface area contributed by atoms with Gasteiger partial charge in [0.1, 0.15) is 10.1 Å². The van der Waals surface area contributed by atoms with Crippen molar-refractivity contribution >= 4 is 21.7 Å². The highest BCUT2D eigenvalue weighted by atomic mass is 32.2. The predicted molar refractivity (Wildman–Crippen MR) is 94.7 cm³/mol. The zero-order valence-electron chi connectivity index (χ0n) is 14.9. The molecule has 6 heteroatoms. The van der Waals surface area contributed by atoms with Gasteiger partial charge in [-0.25, -0.2) is 8.42 Å². The first kappa shape index (κ1) is 20.6. The van der Waals surface area contributed by atoms with Crippen LogP contribution in [0.15, 0.2) is 29.2 Å². The first-order valence-electron chi connectivity index (χ1n) is 8.48. The molecule has 1 unspecified atom stereocenters. The van der Waals surface area contributed by atoms with Crippen molar-refractivity contribution in [2.24, 2.45) is 17.8 Å². The number of nitrogens with one attached hydrogen (secondary N) is 1. The number of anilines is 1. The Balaban J connectivity index is 2.72. The van der Waals surface area contributed by atoms with Gasteiger partial charge in [0, 0.05) is 11.6 Å². The molecule has 0 radical (unpaired) electrons. The van der Waals surface area contributed by atoms with Crippen molar-refractivity contribution in [3.8, 4) is 0 Å². The zero-order valence-corrected chi connectivity index (χ0v) is 15.7. The lowest BCUT2D eigenvalue weighted by Gasteiger charge is -2.21. The first-order valence-corrected chi connectivity index (χ1v) is 9.89. The normalized spacial score (nSPS) is 13.3. The van der Waals surface area contributed by atoms with Gasteiger partial charge in [-0.1, -0.05) is 53.0 Å². The number of unbranched alkanes of at least 4 members (excludes halogenated alkanes) is 1. The van der Waals surface area contributed by atoms with E-state index in [4.69, 9.17) is 0 Å². The summed E-state index contributed by atoms with van der Waals surface area (Å²) in [4.78, 5) is 12.2. The molecule has 0 saturated carbocycles. The highest BCUT2D eigenvalue weighted by Crippen LogP contribution is 2.23. The van der Waals surface area contributed by atoms with E-state index in [0.29, 0.717) is 11.6 Å². The smallest absolute Gasteiger partial charge is 0.227 e. The molecule has 1 amide bonds. The summed E-state index contributed by atoms with van der Waals surface area (Å²) in [5.74, 6) is 0.586. The van der Waals surface area contributed by atoms with E-state index in [1.54, 1.807) is 6.07 Å². The van der Waals surface area contributed by atoms with E-state index in [1.807, 2.05) is 13.8 Å². The summed E-state index contributed by atoms with van der Waals surface area (Å²) >= 11 is 0. The molecule has 136 valence electrons. The van der Waals surface area contributed by atoms with Gasteiger partial charge in [0.05, 0.1) is 4.90 Å². The van der Waals surface area contributed by atoms with Crippen LogP contribution in [0.1, 0.15) is 53.4 Å². The molecule has 0 bridgehead atoms. The van der Waals surface area contributed by atoms with Crippen LogP contribution in [0.25, 0.3) is 0 Å². The van der Waals surface area contributed by atoms with Crippen LogP contribution in [-0.4, -0.2) is 18.9 Å². The molecule has 0 spiro atoms. The van der Waals surface area contributed by atoms with Gasteiger partial charge in [0.25, 0.3) is 0 Å². The minimum atomic E-state index is -4.52. The molecule has 0 aliphatic heterocycles. The summed E-state index contributed by atoms with van der Waals surface area (Å²) in [7, 11) is -4.52. The van der Waals surface area contributed by atoms with E-state index >= 15 is 0 Å². The van der Waals surface area contributed by atoms with E-state index in [9.17, 15) is 17.8 Å². The standard InChI is InChI=1S/C18H29NO4S/c1-13(2)8-5-6-11-17(14(3)4)18(20)19-15-9-7-10-16(12-15)24(21,22)23/h7,9-10,12-14,17H,5-6,8,11H2,1-4H3,(H,19,20)(H,21,22,23)/p-1. The Hall–Kier alpha value is -1.40. The molecule has 1 atom stereocenters. The maximum absolute atomic E-state index is 12.5. The summed E-state index contributed by atoms with van der Waals surface area (Å²) in [6.07, 6.45) is 4.03. The molecule has 1 aromatic rings. The fraction of sp³-hybridized carbons (Fsp3) is 0.611. The number of benzene rings is 1. The number of hydrogen-bond acceptors (Lipinski definition) is 4. The van der Waals surface area contributed by atoms with Crippen LogP contribution in [0.2, 0.25) is 0 Å². The average molecular weight is 354 g/mol. The summed E-state index contributed by atoms with van der Waals surface area (Å²) in [6.45, 7) is 8.38. The third-order valence-electron chi connectivity index (χ3n) is 4.08. The van der Waals surface area contributed by atoms with Crippen molar-refractivity contribution < 1.29 is 17.8 Å². The van der Waals surface area contributed by atoms with Gasteiger partial charge in [-0.2, -0.15) is 0 Å². The van der Waals surface area contributed by atoms with Crippen LogP contribution >= 0.6 is 0 Å². The van der Waals surface area contributed by atoms with E-state index in [-0.39, 0.29) is 22.6 Å². The number of carbonyl (C=O) groups excluding carboxylic acids is 1. The third-order valence-corrected chi connectivity index (χ3v) is 4.91. The Morgan fingerprint density at radius 2 is 1.75 bits per heavy atom. The van der Waals surface area contributed by atoms with Crippen LogP contribution < -0.4 is 5.32 Å². The second-order valence-corrected chi connectivity index (χ2v) is 8.38. The molecule has 5 nitrogen and oxygen atoms in total. The van der Waals surface area contributed by atoms with E-state index in [1.165, 1.54) is 18.2 Å². The molecule has 1 rings (SSSR count). The Labute approximate surface area is 145 Å². The third kappa shape index (κ3) is 7.01. The molecule has 1 N–H and O–H groups in total. The fourth-order valence-electron chi connectivity index (χ4n) is 2.65. The first-order chi connectivity index (χ1) is 11.1. The Kier molecular flexibility index (Phi) is 7.90. The number of carbonyl (C=O) groups is 1. The highest BCUT2D eigenvalue weighted by Gasteiger charge is 2.22. The predicted octanol–water partition coefficient (Wildman–Crippen LogP) is 4.02. The van der Waals surface area contributed by atoms with E-state index in [0.717, 1.165) is 25.7 Å². The Bertz CT molecular complexity index is 638. The Morgan fingerprint density at radius 3 is 2.29 bits per heavy atom. The lowest BCUT2D eigenvalue weighted by molar-refractivity contribution is -0.121. The second kappa shape index (κ2) is 9.18. The van der Waals surface area contributed by atoms with Gasteiger partial charge in [0.15, 0.2) is 0 Å². The van der Waals surface area contributed by atoms with E-state index < -0.39 is 10.1 Å². The average Bonchev–Trinajstić information content (AvgIpc) is 2.45. The van der Waals surface area contributed by atoms with Gasteiger partial charge in [0.2, 0.25) is 5.91 Å². The lowest BCUT2D eigenvalue weighted by atomic mass is 9.89. The molecule has 0 aliphatic carbocycles. The molecule has 0 fully saturated rings. The number of rotatable bonds is 9. The minimum Gasteiger partial charge on any atom is -0.744 e. The summed E-state index contributed by atoms with van der Waals surface area (Å²) < 4.78 is 33.2. The van der Waals surface area contributed by atoms with Crippen molar-refractivity contribution in [2.45, 2.75) is 58.3 Å². The minimum absolute atomic E-state index is 0.130. The van der Waals surface area contributed by atoms with Gasteiger partial charge >= 0.3 is 0 Å². The van der Waals surface area contributed by atoms with Crippen LogP contribution in [0, 0.1) is 17.8 Å². The molecular formula is C18H28NO4S-. The molecule has 0 heterocycles. The van der Waals surface area contributed by atoms with Crippen molar-refractivity contribution in [1.82, 2.24) is 0 Å². The largest absolute Gasteiger partial charge is 0.744 e. The van der Waals surface area contributed by atoms with Crippen molar-refractivity contribution in [1.29, 1.82) is 0 Å². The van der Waals surface area contributed by atoms with Gasteiger partial charge in [-0.3, -0.25) is 4.79 Å². The van der Waals surface area contributed by atoms with Gasteiger partial charge < -0.3 is 9.87 Å². The number of hydrogen-bond donors (Lipinski definition) is 1. The van der Waals surface area contributed by atoms with Crippen molar-refractivity contribution in [3.63, 3.8) is 0 Å². The molecule has 0 aliphatic rings. The topological polar surface area (TPSA) is 86.3 Å². The molecule has 24 heavy (non-hydrogen) atoms. The Morgan fingerprint density at radius 1 is 1.12 bits per heavy atom. The summed E-state index contributed by atoms with van der Waals surface area (Å²) in [6, 6.07) is 5.47. The van der Waals surface area contributed by atoms with Gasteiger partial charge in [-0.05, 0) is 36.5 Å². The van der Waals surface area contributed by atoms with Gasteiger partial charge in [-0.15, -0.1) is 0 Å². The maximum atomic E-state index is 12.5. The maximum Gasteiger partial charge on any atom is 0.227 e. The molecular weight excluding hydrogens is 326 g/mol. The van der Waals surface area contributed by atoms with E-state index in [2.05, 4.69) is 19.2 Å². The molecule has 1 aromatic carbocycles. The van der Waals surface area contributed by atoms with Crippen LogP contribution in [-0.2, 0) is 14.9 Å². The zero-order chi connectivity index (χ0) is 18.3. The lowest BCUT2D eigenvalue weighted by Crippen LogP contribution is -2.27. The molecule has 0 saturated heterocycles. The quantitative estimate of drug-likeness (QED) is 0.536. The van der Waals surface area contributed by atoms with Crippen LogP contribution in [0.4, 0.5) is 5.69 Å². The van der Waals surface area contributed by atoms with Crippen LogP contribution in [0.5, 0.6) is 0 Å².